The van der Waals surface area contributed by atoms with Crippen LogP contribution in [0.3, 0.4) is 0 Å². The summed E-state index contributed by atoms with van der Waals surface area (Å²) < 4.78 is 41.2. The number of allylic oxidation sites excluding steroid dienone is 15. The number of carbonyl (C=O) groups is 5. The highest BCUT2D eigenvalue weighted by Crippen LogP contribution is 2.39. The summed E-state index contributed by atoms with van der Waals surface area (Å²) in [4.78, 5) is 100. The number of hydrogen-bond donors (Lipinski definition) is 13. The minimum absolute atomic E-state index is 0.0139. The molecule has 0 spiro atoms. The molecule has 5 amide bonds. The molecule has 15 rings (SSSR count). The molecule has 0 fully saturated rings. The maximum Gasteiger partial charge on any atom is 0.248 e. The minimum atomic E-state index is -0.490. The number of amides is 5. The van der Waals surface area contributed by atoms with E-state index in [0.29, 0.717) is 87.1 Å². The molecule has 5 unspecified atom stereocenters. The topological polar surface area (TPSA) is 437 Å². The lowest BCUT2D eigenvalue weighted by molar-refractivity contribution is -0.119. The van der Waals surface area contributed by atoms with Crippen molar-refractivity contribution in [3.05, 3.63) is 341 Å². The number of nitrogens with zero attached hydrogens (tertiary/aromatic N) is 7. The summed E-state index contributed by atoms with van der Waals surface area (Å²) in [5.41, 5.74) is 57.1. The number of aliphatic imine (C=N–C) groups is 2. The molecule has 0 bridgehead atoms. The van der Waals surface area contributed by atoms with Crippen LogP contribution in [0.1, 0.15) is 201 Å². The Balaban J connectivity index is 0.000000167. The van der Waals surface area contributed by atoms with Crippen LogP contribution in [0.2, 0.25) is 20.1 Å². The molecule has 5 aliphatic carbocycles. The first kappa shape index (κ1) is 108. The molecule has 5 aromatic carbocycles. The predicted molar refractivity (Wildman–Crippen MR) is 561 cm³/mol. The van der Waals surface area contributed by atoms with Crippen LogP contribution >= 0.6 is 103 Å². The standard InChI is InChI=1S/C21H23ClFN5OS.C21H24ClN5OS.C20H21ClFN3OS.C20H22ClN3OS.C20H22FN3O2S/c1-3-18-11(2)27-20(30-18)17(10-26-21(24)25)28-19(29)14-5-4-12(8-14)13-6-7-15(22)16(23)9-13;1-3-18-12(2)26-20(29-18)17(11-25-21(23)24)27-19(28)15-5-4-14(10-15)13-6-8-16(22)9-7-13;1-3-18-11(2)24-20(27-18)17(10-23)25-19(26)14-5-4-12(8-14)13-6-7-15(21)16(22)9-13;1-3-18-12(2)23-20(26-18)17(11-22)24-19(25)15-5-4-14(10-15)13-6-8-16(21)9-7-13;1-11-3-4-14(8-16(11)21)13-5-6-15(7-13)19(26)24-17(9-22)20-23-12(2)18(10-25)27-20/h4-7,9,17H,3,8,10H2,1-2H3,(H,28,29)(H4,24,25,26);4-9,17H,3,10-11H2,1-2H3,(H,27,28)(H4,23,24,25);4-7,9,17H,3,8,10,23H2,1-2H3,(H,25,26);4-9,17H,3,10-11,22H2,1-2H3,(H,24,25);3-6,8,17,25H,7,9-10,22H2,1-2H3,(H,24,26). The van der Waals surface area contributed by atoms with Crippen molar-refractivity contribution in [2.24, 2.45) is 50.1 Å². The molecule has 5 atom stereocenters. The number of aromatic nitrogens is 5. The lowest BCUT2D eigenvalue weighted by Gasteiger charge is -2.15. The fraction of sp³-hybridized carbons (Fsp3) is 0.294. The van der Waals surface area contributed by atoms with Gasteiger partial charge in [0.2, 0.25) is 29.5 Å². The van der Waals surface area contributed by atoms with Crippen LogP contribution in [0.5, 0.6) is 0 Å². The number of benzene rings is 5. The summed E-state index contributed by atoms with van der Waals surface area (Å²) >= 11 is 31.1. The molecular formula is C102H112Cl4F3N19O6S5. The van der Waals surface area contributed by atoms with Crippen molar-refractivity contribution < 1.29 is 42.3 Å². The van der Waals surface area contributed by atoms with Crippen LogP contribution in [-0.4, -0.2) is 104 Å². The summed E-state index contributed by atoms with van der Waals surface area (Å²) in [5, 5.41) is 29.7. The molecule has 0 radical (unpaired) electrons. The molecule has 730 valence electrons. The first-order valence-corrected chi connectivity index (χ1v) is 50.5. The number of carbonyl (C=O) groups excluding carboxylic acids is 5. The highest BCUT2D eigenvalue weighted by atomic mass is 35.5. The van der Waals surface area contributed by atoms with E-state index in [-0.39, 0.29) is 108 Å². The number of aliphatic hydroxyl groups is 1. The number of thiazole rings is 5. The number of aryl methyl sites for hydroxylation is 10. The van der Waals surface area contributed by atoms with Crippen molar-refractivity contribution >= 4 is 172 Å². The van der Waals surface area contributed by atoms with Crippen molar-refractivity contribution in [2.45, 2.75) is 164 Å². The number of rotatable bonds is 32. The normalized spacial score (nSPS) is 14.5. The highest BCUT2D eigenvalue weighted by molar-refractivity contribution is 7.13. The van der Waals surface area contributed by atoms with E-state index in [4.69, 9.17) is 86.5 Å². The summed E-state index contributed by atoms with van der Waals surface area (Å²) in [6, 6.07) is 27.8. The fourth-order valence-corrected chi connectivity index (χ4v) is 20.8. The third kappa shape index (κ3) is 29.3. The van der Waals surface area contributed by atoms with Gasteiger partial charge in [0, 0.05) is 109 Å². The zero-order valence-electron chi connectivity index (χ0n) is 78.4. The summed E-state index contributed by atoms with van der Waals surface area (Å²) in [7, 11) is 0. The third-order valence-corrected chi connectivity index (χ3v) is 31.0. The maximum absolute atomic E-state index is 13.8. The van der Waals surface area contributed by atoms with Gasteiger partial charge in [-0.3, -0.25) is 34.0 Å². The van der Waals surface area contributed by atoms with E-state index in [1.165, 1.54) is 56.3 Å². The van der Waals surface area contributed by atoms with E-state index in [0.717, 1.165) is 140 Å². The van der Waals surface area contributed by atoms with E-state index in [1.807, 2.05) is 132 Å². The number of aliphatic hydroxyl groups excluding tert-OH is 1. The zero-order chi connectivity index (χ0) is 101. The Morgan fingerprint density at radius 1 is 0.353 bits per heavy atom. The van der Waals surface area contributed by atoms with Crippen molar-refractivity contribution in [1.29, 1.82) is 0 Å². The molecule has 5 heterocycles. The summed E-state index contributed by atoms with van der Waals surface area (Å²) in [6.07, 6.45) is 24.4. The molecule has 37 heteroatoms. The average molecular weight is 2060 g/mol. The summed E-state index contributed by atoms with van der Waals surface area (Å²) in [5.74, 6) is -2.16. The van der Waals surface area contributed by atoms with Gasteiger partial charge in [-0.15, -0.1) is 56.7 Å². The van der Waals surface area contributed by atoms with Crippen LogP contribution in [-0.2, 0) is 56.3 Å². The molecule has 0 aliphatic heterocycles. The lowest BCUT2D eigenvalue weighted by atomic mass is 10.0. The van der Waals surface area contributed by atoms with E-state index < -0.39 is 23.7 Å². The van der Waals surface area contributed by atoms with Gasteiger partial charge in [0.05, 0.1) is 81.2 Å². The predicted octanol–water partition coefficient (Wildman–Crippen LogP) is 18.6. The summed E-state index contributed by atoms with van der Waals surface area (Å²) in [6.45, 7) is 20.9. The first-order valence-electron chi connectivity index (χ1n) is 44.9. The Labute approximate surface area is 846 Å². The van der Waals surface area contributed by atoms with Gasteiger partial charge in [-0.1, -0.05) is 183 Å². The van der Waals surface area contributed by atoms with Crippen LogP contribution in [0, 0.1) is 59.0 Å². The first-order chi connectivity index (χ1) is 66.5. The van der Waals surface area contributed by atoms with Crippen LogP contribution in [0.15, 0.2) is 202 Å². The molecule has 25 nitrogen and oxygen atoms in total. The zero-order valence-corrected chi connectivity index (χ0v) is 85.5. The average Bonchev–Trinajstić information content (AvgIpc) is 1.68. The van der Waals surface area contributed by atoms with Crippen LogP contribution < -0.4 is 66.7 Å². The van der Waals surface area contributed by atoms with Gasteiger partial charge >= 0.3 is 0 Å². The minimum Gasteiger partial charge on any atom is -0.391 e. The molecule has 139 heavy (non-hydrogen) atoms. The highest BCUT2D eigenvalue weighted by Gasteiger charge is 2.31. The van der Waals surface area contributed by atoms with Gasteiger partial charge in [-0.05, 0) is 183 Å². The molecule has 0 saturated heterocycles. The quantitative estimate of drug-likeness (QED) is 0.0138. The Kier molecular flexibility index (Phi) is 39.5. The molecule has 5 aromatic heterocycles. The number of hydrogen-bond acceptors (Lipinski definition) is 21. The molecule has 20 N–H and O–H groups in total. The van der Waals surface area contributed by atoms with Gasteiger partial charge < -0.3 is 71.8 Å². The monoisotopic (exact) mass is 2060 g/mol. The smallest absolute Gasteiger partial charge is 0.248 e. The Hall–Kier alpha value is -11.7. The lowest BCUT2D eigenvalue weighted by Crippen LogP contribution is -2.34. The maximum atomic E-state index is 13.8. The Bertz CT molecular complexity index is 6440. The van der Waals surface area contributed by atoms with Crippen molar-refractivity contribution in [3.8, 4) is 0 Å². The number of guanidine groups is 2. The molecule has 0 saturated carbocycles. The van der Waals surface area contributed by atoms with E-state index in [2.05, 4.69) is 89.2 Å². The second-order valence-corrected chi connectivity index (χ2v) is 40.0. The van der Waals surface area contributed by atoms with E-state index in [1.54, 1.807) is 88.7 Å². The van der Waals surface area contributed by atoms with Gasteiger partial charge in [-0.25, -0.2) is 38.1 Å². The van der Waals surface area contributed by atoms with Crippen LogP contribution in [0.4, 0.5) is 13.2 Å². The molecular weight excluding hydrogens is 1950 g/mol. The van der Waals surface area contributed by atoms with Gasteiger partial charge in [-0.2, -0.15) is 0 Å². The molecule has 5 aliphatic rings. The number of nitrogens with one attached hydrogen (secondary N) is 5. The number of halogens is 7. The molecule has 10 aromatic rings. The fourth-order valence-electron chi connectivity index (χ4n) is 15.0. The van der Waals surface area contributed by atoms with E-state index >= 15 is 0 Å². The second-order valence-electron chi connectivity index (χ2n) is 32.8. The largest absolute Gasteiger partial charge is 0.391 e. The van der Waals surface area contributed by atoms with Crippen molar-refractivity contribution in [2.75, 3.05) is 32.7 Å². The van der Waals surface area contributed by atoms with Gasteiger partial charge in [0.25, 0.3) is 0 Å². The SMILES string of the molecule is CCc1sc(C(CN)NC(=O)C2=CC=C(c3ccc(Cl)c(F)c3)C2)nc1C.CCc1sc(C(CN)NC(=O)C2=CC=C(c3ccc(Cl)cc3)C2)nc1C.CCc1sc(C(CN=C(N)N)NC(=O)C2=CC=C(c3ccc(Cl)c(F)c3)C2)nc1C.CCc1sc(C(CN=C(N)N)NC(=O)C2=CC=C(c3ccc(Cl)cc3)C2)nc1C.Cc1ccc(C2=CC=C(C(=O)NC(CN)c3nc(C)c(CO)s3)C2)cc1F. The number of nitrogens with two attached hydrogens (primary N) is 7. The third-order valence-electron chi connectivity index (χ3n) is 23.0. The second kappa shape index (κ2) is 51.0. The Morgan fingerprint density at radius 2 is 0.590 bits per heavy atom. The van der Waals surface area contributed by atoms with Crippen molar-refractivity contribution in [3.63, 3.8) is 0 Å². The Morgan fingerprint density at radius 3 is 0.827 bits per heavy atom. The van der Waals surface area contributed by atoms with Crippen LogP contribution in [0.25, 0.3) is 27.9 Å². The van der Waals surface area contributed by atoms with Gasteiger partial charge in [0.15, 0.2) is 11.9 Å². The van der Waals surface area contributed by atoms with Gasteiger partial charge in [0.1, 0.15) is 54.6 Å². The van der Waals surface area contributed by atoms with Crippen molar-refractivity contribution in [1.82, 2.24) is 51.5 Å². The van der Waals surface area contributed by atoms with E-state index in [9.17, 15) is 42.3 Å².